The van der Waals surface area contributed by atoms with Crippen molar-refractivity contribution in [1.29, 1.82) is 0 Å². The Morgan fingerprint density at radius 2 is 1.83 bits per heavy atom. The lowest BCUT2D eigenvalue weighted by Gasteiger charge is -2.36. The summed E-state index contributed by atoms with van der Waals surface area (Å²) in [6.45, 7) is 7.80. The summed E-state index contributed by atoms with van der Waals surface area (Å²) in [4.78, 5) is 28.6. The summed E-state index contributed by atoms with van der Waals surface area (Å²) in [5.41, 5.74) is 1.88. The summed E-state index contributed by atoms with van der Waals surface area (Å²) in [5.74, 6) is 0.927. The van der Waals surface area contributed by atoms with Gasteiger partial charge in [-0.2, -0.15) is 0 Å². The average molecular weight is 394 g/mol. The molecule has 29 heavy (non-hydrogen) atoms. The molecule has 1 unspecified atom stereocenters. The van der Waals surface area contributed by atoms with Crippen LogP contribution in [0.4, 0.5) is 5.82 Å². The number of carbonyl (C=O) groups excluding carboxylic acids is 1. The van der Waals surface area contributed by atoms with Gasteiger partial charge < -0.3 is 9.80 Å². The number of likely N-dealkylation sites (tertiary alicyclic amines) is 1. The zero-order chi connectivity index (χ0) is 20.1. The Bertz CT molecular complexity index is 804. The van der Waals surface area contributed by atoms with Gasteiger partial charge in [-0.15, -0.1) is 0 Å². The first-order chi connectivity index (χ1) is 14.2. The number of anilines is 1. The molecular formula is C23H31N5O. The number of rotatable bonds is 5. The van der Waals surface area contributed by atoms with E-state index in [4.69, 9.17) is 0 Å². The van der Waals surface area contributed by atoms with Gasteiger partial charge in [-0.25, -0.2) is 9.97 Å². The molecule has 0 aliphatic carbocycles. The van der Waals surface area contributed by atoms with Crippen molar-refractivity contribution in [2.45, 2.75) is 45.2 Å². The zero-order valence-electron chi connectivity index (χ0n) is 17.3. The second kappa shape index (κ2) is 9.35. The average Bonchev–Trinajstić information content (AvgIpc) is 2.80. The summed E-state index contributed by atoms with van der Waals surface area (Å²) >= 11 is 0. The molecule has 1 aromatic heterocycles. The predicted octanol–water partition coefficient (Wildman–Crippen LogP) is 3.20. The van der Waals surface area contributed by atoms with E-state index in [0.717, 1.165) is 64.3 Å². The minimum absolute atomic E-state index is 0.0583. The smallest absolute Gasteiger partial charge is 0.272 e. The lowest BCUT2D eigenvalue weighted by molar-refractivity contribution is 0.0601. The fourth-order valence-corrected chi connectivity index (χ4v) is 4.45. The van der Waals surface area contributed by atoms with E-state index >= 15 is 0 Å². The monoisotopic (exact) mass is 393 g/mol. The van der Waals surface area contributed by atoms with Gasteiger partial charge >= 0.3 is 0 Å². The molecule has 1 aromatic carbocycles. The number of nitrogens with zero attached hydrogens (tertiary/aromatic N) is 5. The highest BCUT2D eigenvalue weighted by molar-refractivity contribution is 5.93. The molecule has 2 fully saturated rings. The zero-order valence-corrected chi connectivity index (χ0v) is 17.3. The van der Waals surface area contributed by atoms with E-state index in [1.807, 2.05) is 11.0 Å². The number of hydrogen-bond acceptors (Lipinski definition) is 5. The number of amides is 1. The summed E-state index contributed by atoms with van der Waals surface area (Å²) in [6, 6.07) is 12.8. The van der Waals surface area contributed by atoms with Gasteiger partial charge in [-0.3, -0.25) is 9.69 Å². The van der Waals surface area contributed by atoms with Gasteiger partial charge in [0, 0.05) is 51.4 Å². The highest BCUT2D eigenvalue weighted by Gasteiger charge is 2.28. The van der Waals surface area contributed by atoms with Crippen molar-refractivity contribution in [3.8, 4) is 0 Å². The van der Waals surface area contributed by atoms with Gasteiger partial charge in [-0.05, 0) is 31.2 Å². The van der Waals surface area contributed by atoms with Gasteiger partial charge in [0.15, 0.2) is 0 Å². The third-order valence-corrected chi connectivity index (χ3v) is 6.18. The molecule has 0 saturated carbocycles. The van der Waals surface area contributed by atoms with E-state index in [-0.39, 0.29) is 5.91 Å². The molecule has 0 N–H and O–H groups in total. The van der Waals surface area contributed by atoms with E-state index in [1.165, 1.54) is 12.0 Å². The molecule has 1 atom stereocenters. The molecule has 0 bridgehead atoms. The van der Waals surface area contributed by atoms with Crippen molar-refractivity contribution < 1.29 is 4.79 Å². The maximum Gasteiger partial charge on any atom is 0.272 e. The van der Waals surface area contributed by atoms with Crippen LogP contribution in [0.5, 0.6) is 0 Å². The van der Waals surface area contributed by atoms with Crippen LogP contribution in [0.3, 0.4) is 0 Å². The van der Waals surface area contributed by atoms with Crippen LogP contribution in [-0.2, 0) is 6.54 Å². The first kappa shape index (κ1) is 19.8. The second-order valence-corrected chi connectivity index (χ2v) is 8.07. The quantitative estimate of drug-likeness (QED) is 0.781. The summed E-state index contributed by atoms with van der Waals surface area (Å²) in [6.07, 6.45) is 5.95. The number of piperidine rings is 1. The maximum atomic E-state index is 13.1. The number of hydrogen-bond donors (Lipinski definition) is 0. The van der Waals surface area contributed by atoms with Crippen molar-refractivity contribution in [2.24, 2.45) is 0 Å². The Hall–Kier alpha value is -2.47. The summed E-state index contributed by atoms with van der Waals surface area (Å²) in [7, 11) is 0. The van der Waals surface area contributed by atoms with Crippen LogP contribution in [0, 0.1) is 0 Å². The van der Waals surface area contributed by atoms with Crippen LogP contribution in [0.2, 0.25) is 0 Å². The van der Waals surface area contributed by atoms with Crippen LogP contribution < -0.4 is 4.90 Å². The largest absolute Gasteiger partial charge is 0.354 e. The molecule has 3 heterocycles. The SMILES string of the molecule is CCC1CCCCN1C(=O)c1cc(N2CCN(Cc3ccccc3)CC2)ncn1. The lowest BCUT2D eigenvalue weighted by Crippen LogP contribution is -2.46. The Labute approximate surface area is 173 Å². The number of benzene rings is 1. The maximum absolute atomic E-state index is 13.1. The number of carbonyl (C=O) groups is 1. The van der Waals surface area contributed by atoms with Crippen molar-refractivity contribution in [3.05, 3.63) is 54.0 Å². The predicted molar refractivity (Wildman–Crippen MR) is 115 cm³/mol. The van der Waals surface area contributed by atoms with Crippen LogP contribution >= 0.6 is 0 Å². The van der Waals surface area contributed by atoms with Gasteiger partial charge in [0.05, 0.1) is 0 Å². The summed E-state index contributed by atoms with van der Waals surface area (Å²) < 4.78 is 0. The van der Waals surface area contributed by atoms with Gasteiger partial charge in [0.25, 0.3) is 5.91 Å². The Balaban J connectivity index is 1.38. The molecule has 154 valence electrons. The second-order valence-electron chi connectivity index (χ2n) is 8.07. The lowest BCUT2D eigenvalue weighted by atomic mass is 9.99. The van der Waals surface area contributed by atoms with Gasteiger partial charge in [0.2, 0.25) is 0 Å². The number of piperazine rings is 1. The third-order valence-electron chi connectivity index (χ3n) is 6.18. The van der Waals surface area contributed by atoms with E-state index in [0.29, 0.717) is 11.7 Å². The topological polar surface area (TPSA) is 52.6 Å². The molecule has 2 aliphatic rings. The summed E-state index contributed by atoms with van der Waals surface area (Å²) in [5, 5.41) is 0. The molecule has 6 nitrogen and oxygen atoms in total. The molecule has 6 heteroatoms. The fraction of sp³-hybridized carbons (Fsp3) is 0.522. The first-order valence-electron chi connectivity index (χ1n) is 10.9. The normalized spacial score (nSPS) is 20.7. The molecule has 0 radical (unpaired) electrons. The number of aromatic nitrogens is 2. The molecule has 4 rings (SSSR count). The highest BCUT2D eigenvalue weighted by Crippen LogP contribution is 2.22. The van der Waals surface area contributed by atoms with E-state index < -0.39 is 0 Å². The van der Waals surface area contributed by atoms with Crippen molar-refractivity contribution in [3.63, 3.8) is 0 Å². The van der Waals surface area contributed by atoms with Crippen LogP contribution in [0.15, 0.2) is 42.7 Å². The molecule has 1 amide bonds. The van der Waals surface area contributed by atoms with Crippen LogP contribution in [0.25, 0.3) is 0 Å². The minimum atomic E-state index is 0.0583. The van der Waals surface area contributed by atoms with Gasteiger partial charge in [-0.1, -0.05) is 37.3 Å². The standard InChI is InChI=1S/C23H31N5O/c1-2-20-10-6-7-11-28(20)23(29)21-16-22(25-18-24-21)27-14-12-26(13-15-27)17-19-8-4-3-5-9-19/h3-5,8-9,16,18,20H,2,6-7,10-15,17H2,1H3. The molecule has 2 aromatic rings. The third kappa shape index (κ3) is 4.75. The van der Waals surface area contributed by atoms with Crippen LogP contribution in [-0.4, -0.2) is 64.4 Å². The Kier molecular flexibility index (Phi) is 6.39. The Morgan fingerprint density at radius 3 is 2.59 bits per heavy atom. The molecule has 0 spiro atoms. The first-order valence-corrected chi connectivity index (χ1v) is 10.9. The van der Waals surface area contributed by atoms with E-state index in [9.17, 15) is 4.79 Å². The molecule has 2 aliphatic heterocycles. The van der Waals surface area contributed by atoms with E-state index in [1.54, 1.807) is 6.33 Å². The fourth-order valence-electron chi connectivity index (χ4n) is 4.45. The highest BCUT2D eigenvalue weighted by atomic mass is 16.2. The van der Waals surface area contributed by atoms with Crippen molar-refractivity contribution >= 4 is 11.7 Å². The van der Waals surface area contributed by atoms with Crippen molar-refractivity contribution in [2.75, 3.05) is 37.6 Å². The molecule has 2 saturated heterocycles. The minimum Gasteiger partial charge on any atom is -0.354 e. The van der Waals surface area contributed by atoms with E-state index in [2.05, 4.69) is 57.0 Å². The molecular weight excluding hydrogens is 362 g/mol. The Morgan fingerprint density at radius 1 is 1.03 bits per heavy atom. The van der Waals surface area contributed by atoms with Gasteiger partial charge in [0.1, 0.15) is 17.8 Å². The van der Waals surface area contributed by atoms with Crippen molar-refractivity contribution in [1.82, 2.24) is 19.8 Å². The van der Waals surface area contributed by atoms with Crippen LogP contribution in [0.1, 0.15) is 48.7 Å².